The highest BCUT2D eigenvalue weighted by Gasteiger charge is 2.60. The Morgan fingerprint density at radius 3 is 2.11 bits per heavy atom. The van der Waals surface area contributed by atoms with E-state index in [1.165, 1.54) is 65.4 Å². The highest BCUT2D eigenvalue weighted by Crippen LogP contribution is 2.67. The van der Waals surface area contributed by atoms with Gasteiger partial charge in [-0.3, -0.25) is 19.2 Å². The van der Waals surface area contributed by atoms with Gasteiger partial charge in [0.15, 0.2) is 24.6 Å². The van der Waals surface area contributed by atoms with E-state index in [0.29, 0.717) is 41.4 Å². The van der Waals surface area contributed by atoms with Gasteiger partial charge in [0.2, 0.25) is 0 Å². The van der Waals surface area contributed by atoms with Crippen molar-refractivity contribution in [2.24, 2.45) is 51.8 Å². The summed E-state index contributed by atoms with van der Waals surface area (Å²) in [5, 5.41) is 0. The minimum atomic E-state index is -1.24. The van der Waals surface area contributed by atoms with Crippen LogP contribution in [0.4, 0.5) is 0 Å². The average Bonchev–Trinajstić information content (AvgIpc) is 3.43. The SMILES string of the molecule is CCC(/C=C/[C@@H](C)[C@H]1CC[C@H]2[C@@H]3CC=C4C[C@@H](O[C@@H]5O[C@H](COC(C)=O)[C@@H](OC(C)=O)[C@H](OC(C)=O)[C@H]5OC(C)=O)CC[C@]4(C)[C@H]3CC[C@]12C)C(C)(C)C. The second kappa shape index (κ2) is 16.8. The van der Waals surface area contributed by atoms with Crippen LogP contribution in [0.2, 0.25) is 0 Å². The summed E-state index contributed by atoms with van der Waals surface area (Å²) in [7, 11) is 0. The van der Waals surface area contributed by atoms with E-state index in [4.69, 9.17) is 28.4 Å². The van der Waals surface area contributed by atoms with E-state index in [9.17, 15) is 19.2 Å². The molecule has 0 aromatic heterocycles. The normalized spacial score (nSPS) is 38.9. The topological polar surface area (TPSA) is 124 Å². The second-order valence-corrected chi connectivity index (χ2v) is 18.7. The Hall–Kier alpha value is -2.72. The molecule has 0 spiro atoms. The third-order valence-corrected chi connectivity index (χ3v) is 14.2. The van der Waals surface area contributed by atoms with E-state index in [1.54, 1.807) is 0 Å². The van der Waals surface area contributed by atoms with Gasteiger partial charge < -0.3 is 28.4 Å². The van der Waals surface area contributed by atoms with E-state index in [0.717, 1.165) is 25.2 Å². The summed E-state index contributed by atoms with van der Waals surface area (Å²) in [6.07, 6.45) is 11.3. The van der Waals surface area contributed by atoms with Gasteiger partial charge in [0, 0.05) is 27.7 Å². The summed E-state index contributed by atoms with van der Waals surface area (Å²) in [6.45, 7) is 21.6. The minimum absolute atomic E-state index is 0.0794. The highest BCUT2D eigenvalue weighted by atomic mass is 16.7. The molecule has 10 nitrogen and oxygen atoms in total. The van der Waals surface area contributed by atoms with E-state index >= 15 is 0 Å². The summed E-state index contributed by atoms with van der Waals surface area (Å²) in [5.41, 5.74) is 2.13. The third kappa shape index (κ3) is 8.95. The maximum Gasteiger partial charge on any atom is 0.303 e. The smallest absolute Gasteiger partial charge is 0.303 e. The van der Waals surface area contributed by atoms with Crippen LogP contribution in [0.25, 0.3) is 0 Å². The molecule has 1 aliphatic heterocycles. The summed E-state index contributed by atoms with van der Waals surface area (Å²) in [6, 6.07) is 0. The Balaban J connectivity index is 1.33. The van der Waals surface area contributed by atoms with Crippen LogP contribution in [0.1, 0.15) is 134 Å². The largest absolute Gasteiger partial charge is 0.463 e. The van der Waals surface area contributed by atoms with Crippen molar-refractivity contribution in [2.75, 3.05) is 6.61 Å². The fraction of sp³-hybridized carbons (Fsp3) is 0.818. The van der Waals surface area contributed by atoms with Crippen molar-refractivity contribution in [3.05, 3.63) is 23.8 Å². The number of hydrogen-bond donors (Lipinski definition) is 0. The van der Waals surface area contributed by atoms with Gasteiger partial charge in [-0.2, -0.15) is 0 Å². The third-order valence-electron chi connectivity index (χ3n) is 14.2. The van der Waals surface area contributed by atoms with Crippen molar-refractivity contribution in [3.63, 3.8) is 0 Å². The van der Waals surface area contributed by atoms with E-state index in [1.807, 2.05) is 0 Å². The minimum Gasteiger partial charge on any atom is -0.463 e. The Morgan fingerprint density at radius 2 is 1.50 bits per heavy atom. The number of esters is 4. The molecule has 0 N–H and O–H groups in total. The first kappa shape index (κ1) is 42.4. The van der Waals surface area contributed by atoms with Gasteiger partial charge in [0.25, 0.3) is 0 Å². The predicted octanol–water partition coefficient (Wildman–Crippen LogP) is 8.30. The number of rotatable bonds is 11. The van der Waals surface area contributed by atoms with Gasteiger partial charge >= 0.3 is 23.9 Å². The lowest BCUT2D eigenvalue weighted by Crippen LogP contribution is -2.63. The molecule has 0 aromatic carbocycles. The maximum atomic E-state index is 12.4. The molecule has 0 radical (unpaired) electrons. The van der Waals surface area contributed by atoms with Gasteiger partial charge in [-0.15, -0.1) is 0 Å². The lowest BCUT2D eigenvalue weighted by Gasteiger charge is -2.58. The molecule has 0 amide bonds. The summed E-state index contributed by atoms with van der Waals surface area (Å²) in [4.78, 5) is 48.6. The summed E-state index contributed by atoms with van der Waals surface area (Å²) in [5.74, 6) is 1.39. The number of ether oxygens (including phenoxy) is 6. The van der Waals surface area contributed by atoms with Gasteiger partial charge in [0.05, 0.1) is 6.10 Å². The molecular weight excluding hydrogens is 688 g/mol. The lowest BCUT2D eigenvalue weighted by molar-refractivity contribution is -0.318. The molecule has 4 fully saturated rings. The van der Waals surface area contributed by atoms with Crippen molar-refractivity contribution in [2.45, 2.75) is 171 Å². The van der Waals surface area contributed by atoms with Crippen LogP contribution in [-0.2, 0) is 47.6 Å². The Labute approximate surface area is 323 Å². The van der Waals surface area contributed by atoms with Crippen LogP contribution in [-0.4, -0.2) is 67.3 Å². The zero-order valence-electron chi connectivity index (χ0n) is 34.8. The maximum absolute atomic E-state index is 12.4. The molecule has 1 saturated heterocycles. The fourth-order valence-electron chi connectivity index (χ4n) is 11.6. The van der Waals surface area contributed by atoms with Crippen LogP contribution in [0.5, 0.6) is 0 Å². The van der Waals surface area contributed by atoms with Crippen LogP contribution in [0.3, 0.4) is 0 Å². The standard InChI is InChI=1S/C44H68O10/c1-12-30(42(7,8)9)14-13-25(2)34-17-18-35-33-16-15-31-23-32(19-21-43(31,10)36(33)20-22-44(34,35)11)53-41-40(52-29(6)48)39(51-28(5)47)38(50-27(4)46)37(54-41)24-49-26(3)45/h13-15,25,30,32-41H,12,16-24H2,1-11H3/b14-13+/t25-,30?,32+,33+,34-,35+,36+,37-,38-,39+,40-,41-,43+,44-/m1/s1. The molecule has 0 aromatic rings. The Bertz CT molecular complexity index is 1440. The van der Waals surface area contributed by atoms with E-state index in [2.05, 4.69) is 66.7 Å². The van der Waals surface area contributed by atoms with Crippen LogP contribution in [0.15, 0.2) is 23.8 Å². The fourth-order valence-corrected chi connectivity index (χ4v) is 11.6. The number of fused-ring (bicyclic) bond motifs is 5. The van der Waals surface area contributed by atoms with Crippen molar-refractivity contribution in [1.82, 2.24) is 0 Å². The van der Waals surface area contributed by atoms with Gasteiger partial charge in [-0.25, -0.2) is 0 Å². The first-order chi connectivity index (χ1) is 25.3. The number of carbonyl (C=O) groups excluding carboxylic acids is 4. The molecule has 304 valence electrons. The van der Waals surface area contributed by atoms with Crippen LogP contribution >= 0.6 is 0 Å². The lowest BCUT2D eigenvalue weighted by atomic mass is 9.47. The molecule has 1 heterocycles. The van der Waals surface area contributed by atoms with Crippen LogP contribution < -0.4 is 0 Å². The zero-order valence-corrected chi connectivity index (χ0v) is 34.8. The van der Waals surface area contributed by atoms with Crippen molar-refractivity contribution < 1.29 is 47.6 Å². The quantitative estimate of drug-likeness (QED) is 0.116. The second-order valence-electron chi connectivity index (χ2n) is 18.7. The molecule has 5 aliphatic rings. The van der Waals surface area contributed by atoms with Gasteiger partial charge in [-0.05, 0) is 110 Å². The summed E-state index contributed by atoms with van der Waals surface area (Å²) < 4.78 is 35.1. The first-order valence-corrected chi connectivity index (χ1v) is 20.6. The first-order valence-electron chi connectivity index (χ1n) is 20.6. The molecule has 10 heteroatoms. The average molecular weight is 757 g/mol. The number of carbonyl (C=O) groups is 4. The highest BCUT2D eigenvalue weighted by molar-refractivity contribution is 5.68. The van der Waals surface area contributed by atoms with Crippen molar-refractivity contribution in [1.29, 1.82) is 0 Å². The van der Waals surface area contributed by atoms with Gasteiger partial charge in [0.1, 0.15) is 12.7 Å². The Morgan fingerprint density at radius 1 is 0.852 bits per heavy atom. The van der Waals surface area contributed by atoms with Crippen LogP contribution in [0, 0.1) is 51.8 Å². The molecule has 54 heavy (non-hydrogen) atoms. The monoisotopic (exact) mass is 756 g/mol. The molecule has 5 rings (SSSR count). The molecule has 4 aliphatic carbocycles. The number of hydrogen-bond acceptors (Lipinski definition) is 10. The van der Waals surface area contributed by atoms with E-state index < -0.39 is 54.6 Å². The molecular formula is C44H68O10. The zero-order chi connectivity index (χ0) is 39.7. The predicted molar refractivity (Wildman–Crippen MR) is 204 cm³/mol. The molecule has 14 atom stereocenters. The van der Waals surface area contributed by atoms with Crippen molar-refractivity contribution in [3.8, 4) is 0 Å². The summed E-state index contributed by atoms with van der Waals surface area (Å²) >= 11 is 0. The number of allylic oxidation sites excluding steroid dienone is 3. The van der Waals surface area contributed by atoms with Gasteiger partial charge in [-0.1, -0.05) is 72.3 Å². The Kier molecular flexibility index (Phi) is 13.2. The molecule has 0 bridgehead atoms. The molecule has 3 saturated carbocycles. The van der Waals surface area contributed by atoms with E-state index in [-0.39, 0.29) is 23.5 Å². The van der Waals surface area contributed by atoms with Crippen molar-refractivity contribution >= 4 is 23.9 Å². The molecule has 1 unspecified atom stereocenters.